The highest BCUT2D eigenvalue weighted by Crippen LogP contribution is 2.22. The molecule has 0 saturated carbocycles. The van der Waals surface area contributed by atoms with Crippen molar-refractivity contribution in [3.05, 3.63) is 53.9 Å². The van der Waals surface area contributed by atoms with E-state index in [2.05, 4.69) is 41.3 Å². The second-order valence-corrected chi connectivity index (χ2v) is 7.16. The van der Waals surface area contributed by atoms with Gasteiger partial charge in [-0.2, -0.15) is 0 Å². The SMILES string of the molecule is Cc1cc2ncn(CC(O)Cn3c(NCCO)nc4ccccc43)c2cc1C. The van der Waals surface area contributed by atoms with Crippen molar-refractivity contribution in [2.24, 2.45) is 0 Å². The molecule has 2 heterocycles. The Bertz CT molecular complexity index is 1110. The zero-order chi connectivity index (χ0) is 19.7. The molecular weight excluding hydrogens is 354 g/mol. The van der Waals surface area contributed by atoms with Gasteiger partial charge in [-0.1, -0.05) is 12.1 Å². The summed E-state index contributed by atoms with van der Waals surface area (Å²) < 4.78 is 3.95. The van der Waals surface area contributed by atoms with Crippen molar-refractivity contribution >= 4 is 28.0 Å². The molecule has 7 heteroatoms. The second kappa shape index (κ2) is 7.61. The van der Waals surface area contributed by atoms with Crippen LogP contribution in [-0.2, 0) is 13.1 Å². The number of nitrogens with zero attached hydrogens (tertiary/aromatic N) is 4. The van der Waals surface area contributed by atoms with E-state index in [1.165, 1.54) is 11.1 Å². The fourth-order valence-corrected chi connectivity index (χ4v) is 3.52. The van der Waals surface area contributed by atoms with Crippen LogP contribution in [0.2, 0.25) is 0 Å². The Morgan fingerprint density at radius 3 is 2.64 bits per heavy atom. The normalized spacial score (nSPS) is 12.7. The Morgan fingerprint density at radius 1 is 1.04 bits per heavy atom. The number of aryl methyl sites for hydroxylation is 2. The lowest BCUT2D eigenvalue weighted by Crippen LogP contribution is -2.23. The summed E-state index contributed by atoms with van der Waals surface area (Å²) in [6.07, 6.45) is 1.16. The Morgan fingerprint density at radius 2 is 1.82 bits per heavy atom. The highest BCUT2D eigenvalue weighted by atomic mass is 16.3. The number of hydrogen-bond acceptors (Lipinski definition) is 5. The zero-order valence-electron chi connectivity index (χ0n) is 16.1. The van der Waals surface area contributed by atoms with Gasteiger partial charge in [0.15, 0.2) is 0 Å². The van der Waals surface area contributed by atoms with Crippen molar-refractivity contribution in [1.29, 1.82) is 0 Å². The van der Waals surface area contributed by atoms with Crippen LogP contribution in [0.3, 0.4) is 0 Å². The minimum Gasteiger partial charge on any atom is -0.395 e. The van der Waals surface area contributed by atoms with Gasteiger partial charge in [0.05, 0.1) is 54.2 Å². The Hall–Kier alpha value is -2.90. The third-order valence-corrected chi connectivity index (χ3v) is 5.09. The Balaban J connectivity index is 1.60. The molecule has 0 spiro atoms. The summed E-state index contributed by atoms with van der Waals surface area (Å²) in [5.41, 5.74) is 6.19. The third-order valence-electron chi connectivity index (χ3n) is 5.09. The Labute approximate surface area is 163 Å². The predicted octanol–water partition coefficient (Wildman–Crippen LogP) is 2.47. The van der Waals surface area contributed by atoms with Crippen molar-refractivity contribution in [1.82, 2.24) is 19.1 Å². The van der Waals surface area contributed by atoms with Crippen LogP contribution < -0.4 is 5.32 Å². The predicted molar refractivity (Wildman–Crippen MR) is 111 cm³/mol. The van der Waals surface area contributed by atoms with Gasteiger partial charge in [0.1, 0.15) is 0 Å². The molecule has 0 radical (unpaired) electrons. The highest BCUT2D eigenvalue weighted by Gasteiger charge is 2.15. The largest absolute Gasteiger partial charge is 0.395 e. The molecule has 0 fully saturated rings. The van der Waals surface area contributed by atoms with Crippen molar-refractivity contribution < 1.29 is 10.2 Å². The van der Waals surface area contributed by atoms with E-state index in [-0.39, 0.29) is 6.61 Å². The van der Waals surface area contributed by atoms with E-state index in [9.17, 15) is 5.11 Å². The van der Waals surface area contributed by atoms with E-state index >= 15 is 0 Å². The van der Waals surface area contributed by atoms with Crippen LogP contribution in [0.15, 0.2) is 42.7 Å². The number of anilines is 1. The maximum Gasteiger partial charge on any atom is 0.204 e. The fraction of sp³-hybridized carbons (Fsp3) is 0.333. The Kier molecular flexibility index (Phi) is 5.02. The van der Waals surface area contributed by atoms with Gasteiger partial charge in [-0.25, -0.2) is 9.97 Å². The van der Waals surface area contributed by atoms with Crippen LogP contribution in [0.5, 0.6) is 0 Å². The number of nitrogens with one attached hydrogen (secondary N) is 1. The molecule has 4 aromatic rings. The van der Waals surface area contributed by atoms with E-state index in [0.29, 0.717) is 25.6 Å². The van der Waals surface area contributed by atoms with E-state index < -0.39 is 6.10 Å². The quantitative estimate of drug-likeness (QED) is 0.459. The molecule has 4 rings (SSSR count). The van der Waals surface area contributed by atoms with E-state index in [0.717, 1.165) is 22.1 Å². The van der Waals surface area contributed by atoms with Gasteiger partial charge in [-0.3, -0.25) is 0 Å². The molecule has 2 aromatic heterocycles. The van der Waals surface area contributed by atoms with Crippen molar-refractivity contribution in [2.75, 3.05) is 18.5 Å². The third kappa shape index (κ3) is 3.46. The lowest BCUT2D eigenvalue weighted by molar-refractivity contribution is 0.137. The van der Waals surface area contributed by atoms with Crippen molar-refractivity contribution in [2.45, 2.75) is 33.0 Å². The molecule has 1 unspecified atom stereocenters. The van der Waals surface area contributed by atoms with Gasteiger partial charge in [0.25, 0.3) is 0 Å². The van der Waals surface area contributed by atoms with E-state index in [1.54, 1.807) is 6.33 Å². The summed E-state index contributed by atoms with van der Waals surface area (Å²) in [6, 6.07) is 12.0. The summed E-state index contributed by atoms with van der Waals surface area (Å²) >= 11 is 0. The van der Waals surface area contributed by atoms with Gasteiger partial charge in [-0.05, 0) is 49.2 Å². The fourth-order valence-electron chi connectivity index (χ4n) is 3.52. The summed E-state index contributed by atoms with van der Waals surface area (Å²) in [7, 11) is 0. The standard InChI is InChI=1S/C21H25N5O2/c1-14-9-18-20(10-15(14)2)25(13-23-18)11-16(28)12-26-19-6-4-3-5-17(19)24-21(26)22-7-8-27/h3-6,9-10,13,16,27-28H,7-8,11-12H2,1-2H3,(H,22,24). The molecule has 0 aliphatic carbocycles. The topological polar surface area (TPSA) is 88.1 Å². The highest BCUT2D eigenvalue weighted by molar-refractivity contribution is 5.79. The number of aromatic nitrogens is 4. The van der Waals surface area contributed by atoms with Gasteiger partial charge < -0.3 is 24.7 Å². The maximum absolute atomic E-state index is 10.8. The molecule has 2 aromatic carbocycles. The van der Waals surface area contributed by atoms with Crippen LogP contribution >= 0.6 is 0 Å². The smallest absolute Gasteiger partial charge is 0.204 e. The number of aliphatic hydroxyl groups excluding tert-OH is 2. The second-order valence-electron chi connectivity index (χ2n) is 7.16. The summed E-state index contributed by atoms with van der Waals surface area (Å²) in [6.45, 7) is 5.41. The maximum atomic E-state index is 10.8. The van der Waals surface area contributed by atoms with Crippen molar-refractivity contribution in [3.8, 4) is 0 Å². The molecule has 0 amide bonds. The van der Waals surface area contributed by atoms with Crippen LogP contribution in [0.25, 0.3) is 22.1 Å². The molecule has 0 aliphatic rings. The van der Waals surface area contributed by atoms with Crippen LogP contribution in [-0.4, -0.2) is 48.6 Å². The zero-order valence-corrected chi connectivity index (χ0v) is 16.1. The summed E-state index contributed by atoms with van der Waals surface area (Å²) in [5, 5.41) is 23.1. The molecular formula is C21H25N5O2. The minimum absolute atomic E-state index is 0.0194. The van der Waals surface area contributed by atoms with Crippen molar-refractivity contribution in [3.63, 3.8) is 0 Å². The minimum atomic E-state index is -0.619. The average molecular weight is 379 g/mol. The molecule has 146 valence electrons. The lowest BCUT2D eigenvalue weighted by Gasteiger charge is -2.16. The first-order valence-corrected chi connectivity index (χ1v) is 9.47. The molecule has 28 heavy (non-hydrogen) atoms. The molecule has 3 N–H and O–H groups in total. The number of imidazole rings is 2. The first-order valence-electron chi connectivity index (χ1n) is 9.47. The number of fused-ring (bicyclic) bond motifs is 2. The van der Waals surface area contributed by atoms with Crippen LogP contribution in [0.1, 0.15) is 11.1 Å². The van der Waals surface area contributed by atoms with Gasteiger partial charge in [0, 0.05) is 6.54 Å². The van der Waals surface area contributed by atoms with Crippen LogP contribution in [0, 0.1) is 13.8 Å². The monoisotopic (exact) mass is 379 g/mol. The van der Waals surface area contributed by atoms with Gasteiger partial charge in [0.2, 0.25) is 5.95 Å². The first-order chi connectivity index (χ1) is 13.6. The summed E-state index contributed by atoms with van der Waals surface area (Å²) in [4.78, 5) is 9.05. The van der Waals surface area contributed by atoms with Crippen LogP contribution in [0.4, 0.5) is 5.95 Å². The van der Waals surface area contributed by atoms with Gasteiger partial charge >= 0.3 is 0 Å². The molecule has 7 nitrogen and oxygen atoms in total. The number of rotatable bonds is 7. The number of aliphatic hydroxyl groups is 2. The molecule has 0 aliphatic heterocycles. The molecule has 1 atom stereocenters. The number of para-hydroxylation sites is 2. The van der Waals surface area contributed by atoms with E-state index in [4.69, 9.17) is 5.11 Å². The molecule has 0 bridgehead atoms. The molecule has 0 saturated heterocycles. The lowest BCUT2D eigenvalue weighted by atomic mass is 10.1. The van der Waals surface area contributed by atoms with Gasteiger partial charge in [-0.15, -0.1) is 0 Å². The first kappa shape index (κ1) is 18.5. The van der Waals surface area contributed by atoms with E-state index in [1.807, 2.05) is 33.4 Å². The average Bonchev–Trinajstić information content (AvgIpc) is 3.22. The summed E-state index contributed by atoms with van der Waals surface area (Å²) in [5.74, 6) is 0.649. The number of hydrogen-bond donors (Lipinski definition) is 3. The number of benzene rings is 2.